The summed E-state index contributed by atoms with van der Waals surface area (Å²) in [6.45, 7) is 4.08. The monoisotopic (exact) mass is 269 g/mol. The van der Waals surface area contributed by atoms with Gasteiger partial charge in [0.1, 0.15) is 11.6 Å². The van der Waals surface area contributed by atoms with E-state index >= 15 is 0 Å². The summed E-state index contributed by atoms with van der Waals surface area (Å²) in [6.07, 6.45) is 5.13. The molecule has 1 N–H and O–H groups in total. The van der Waals surface area contributed by atoms with Gasteiger partial charge in [0.25, 0.3) is 0 Å². The molecule has 0 fully saturated rings. The SMILES string of the molecule is C#CCSCCNC(C)c1cc(F)c(C)cc1F. The van der Waals surface area contributed by atoms with Crippen LogP contribution in [-0.2, 0) is 0 Å². The number of hydrogen-bond donors (Lipinski definition) is 1. The van der Waals surface area contributed by atoms with Gasteiger partial charge in [-0.1, -0.05) is 5.92 Å². The van der Waals surface area contributed by atoms with Crippen molar-refractivity contribution in [2.75, 3.05) is 18.1 Å². The van der Waals surface area contributed by atoms with Crippen molar-refractivity contribution in [3.63, 3.8) is 0 Å². The third-order valence-electron chi connectivity index (χ3n) is 2.63. The highest BCUT2D eigenvalue weighted by Gasteiger charge is 2.13. The van der Waals surface area contributed by atoms with Crippen LogP contribution in [0.5, 0.6) is 0 Å². The van der Waals surface area contributed by atoms with E-state index in [1.54, 1.807) is 18.7 Å². The second kappa shape index (κ2) is 7.40. The average Bonchev–Trinajstić information content (AvgIpc) is 2.33. The van der Waals surface area contributed by atoms with E-state index in [9.17, 15) is 8.78 Å². The molecular formula is C14H17F2NS. The summed E-state index contributed by atoms with van der Waals surface area (Å²) in [6, 6.07) is 2.28. The fourth-order valence-electron chi connectivity index (χ4n) is 1.58. The lowest BCUT2D eigenvalue weighted by molar-refractivity contribution is 0.528. The van der Waals surface area contributed by atoms with Crippen molar-refractivity contribution in [1.29, 1.82) is 0 Å². The molecule has 1 nitrogen and oxygen atoms in total. The van der Waals surface area contributed by atoms with Gasteiger partial charge in [0, 0.05) is 23.9 Å². The third-order valence-corrected chi connectivity index (χ3v) is 3.49. The standard InChI is InChI=1S/C14H17F2NS/c1-4-6-18-7-5-17-11(3)12-9-13(15)10(2)8-14(12)16/h1,8-9,11,17H,5-7H2,2-3H3. The van der Waals surface area contributed by atoms with Crippen LogP contribution in [0.1, 0.15) is 24.1 Å². The van der Waals surface area contributed by atoms with Crippen molar-refractivity contribution in [1.82, 2.24) is 5.32 Å². The van der Waals surface area contributed by atoms with E-state index in [0.29, 0.717) is 23.4 Å². The first-order chi connectivity index (χ1) is 8.56. The molecule has 1 unspecified atom stereocenters. The average molecular weight is 269 g/mol. The first-order valence-electron chi connectivity index (χ1n) is 5.76. The van der Waals surface area contributed by atoms with Crippen LogP contribution in [0, 0.1) is 30.9 Å². The van der Waals surface area contributed by atoms with E-state index < -0.39 is 0 Å². The number of hydrogen-bond acceptors (Lipinski definition) is 2. The van der Waals surface area contributed by atoms with E-state index in [2.05, 4.69) is 11.2 Å². The Kier molecular flexibility index (Phi) is 6.17. The maximum atomic E-state index is 13.7. The molecule has 1 atom stereocenters. The van der Waals surface area contributed by atoms with Crippen molar-refractivity contribution in [2.24, 2.45) is 0 Å². The molecule has 0 aliphatic carbocycles. The number of nitrogens with one attached hydrogen (secondary N) is 1. The molecule has 0 radical (unpaired) electrons. The Hall–Kier alpha value is -1.05. The molecule has 4 heteroatoms. The van der Waals surface area contributed by atoms with Crippen molar-refractivity contribution in [3.05, 3.63) is 34.9 Å². The molecule has 0 aliphatic heterocycles. The van der Waals surface area contributed by atoms with Crippen LogP contribution < -0.4 is 5.32 Å². The third kappa shape index (κ3) is 4.32. The van der Waals surface area contributed by atoms with Crippen LogP contribution in [0.25, 0.3) is 0 Å². The highest BCUT2D eigenvalue weighted by Crippen LogP contribution is 2.20. The normalized spacial score (nSPS) is 12.2. The van der Waals surface area contributed by atoms with Gasteiger partial charge in [-0.15, -0.1) is 18.2 Å². The summed E-state index contributed by atoms with van der Waals surface area (Å²) in [5, 5.41) is 3.15. The van der Waals surface area contributed by atoms with Gasteiger partial charge in [-0.25, -0.2) is 8.78 Å². The van der Waals surface area contributed by atoms with Gasteiger partial charge in [-0.05, 0) is 31.5 Å². The topological polar surface area (TPSA) is 12.0 Å². The highest BCUT2D eigenvalue weighted by atomic mass is 32.2. The maximum Gasteiger partial charge on any atom is 0.128 e. The lowest BCUT2D eigenvalue weighted by Crippen LogP contribution is -2.22. The molecule has 0 saturated heterocycles. The first-order valence-corrected chi connectivity index (χ1v) is 6.92. The number of aryl methyl sites for hydroxylation is 1. The summed E-state index contributed by atoms with van der Waals surface area (Å²) in [5.41, 5.74) is 0.688. The number of thioether (sulfide) groups is 1. The molecule has 1 aromatic rings. The van der Waals surface area contributed by atoms with Gasteiger partial charge < -0.3 is 5.32 Å². The van der Waals surface area contributed by atoms with Crippen molar-refractivity contribution < 1.29 is 8.78 Å². The fraction of sp³-hybridized carbons (Fsp3) is 0.429. The molecule has 0 spiro atoms. The minimum Gasteiger partial charge on any atom is -0.309 e. The molecule has 1 aromatic carbocycles. The lowest BCUT2D eigenvalue weighted by Gasteiger charge is -2.15. The van der Waals surface area contributed by atoms with E-state index in [1.807, 2.05) is 6.92 Å². The molecular weight excluding hydrogens is 252 g/mol. The predicted molar refractivity (Wildman–Crippen MR) is 73.7 cm³/mol. The molecule has 1 rings (SSSR count). The molecule has 0 saturated carbocycles. The Bertz CT molecular complexity index is 440. The highest BCUT2D eigenvalue weighted by molar-refractivity contribution is 7.99. The molecule has 0 heterocycles. The smallest absolute Gasteiger partial charge is 0.128 e. The molecule has 0 aliphatic rings. The Morgan fingerprint density at radius 2 is 2.11 bits per heavy atom. The number of benzene rings is 1. The van der Waals surface area contributed by atoms with Crippen LogP contribution >= 0.6 is 11.8 Å². The second-order valence-corrected chi connectivity index (χ2v) is 5.16. The predicted octanol–water partition coefficient (Wildman–Crippen LogP) is 3.29. The minimum atomic E-state index is -0.373. The zero-order valence-electron chi connectivity index (χ0n) is 10.6. The molecule has 98 valence electrons. The number of halogens is 2. The molecule has 0 amide bonds. The zero-order chi connectivity index (χ0) is 13.5. The van der Waals surface area contributed by atoms with Crippen LogP contribution in [0.4, 0.5) is 8.78 Å². The van der Waals surface area contributed by atoms with Crippen LogP contribution in [0.2, 0.25) is 0 Å². The lowest BCUT2D eigenvalue weighted by atomic mass is 10.1. The van der Waals surface area contributed by atoms with Gasteiger partial charge in [-0.2, -0.15) is 0 Å². The Labute approximate surface area is 111 Å². The van der Waals surface area contributed by atoms with Crippen LogP contribution in [-0.4, -0.2) is 18.1 Å². The van der Waals surface area contributed by atoms with Crippen molar-refractivity contribution in [2.45, 2.75) is 19.9 Å². The van der Waals surface area contributed by atoms with Gasteiger partial charge >= 0.3 is 0 Å². The second-order valence-electron chi connectivity index (χ2n) is 4.06. The summed E-state index contributed by atoms with van der Waals surface area (Å²) in [4.78, 5) is 0. The summed E-state index contributed by atoms with van der Waals surface area (Å²) < 4.78 is 27.1. The largest absolute Gasteiger partial charge is 0.309 e. The van der Waals surface area contributed by atoms with E-state index in [0.717, 1.165) is 5.75 Å². The van der Waals surface area contributed by atoms with E-state index in [4.69, 9.17) is 6.42 Å². The number of terminal acetylenes is 1. The van der Waals surface area contributed by atoms with Crippen molar-refractivity contribution in [3.8, 4) is 12.3 Å². The van der Waals surface area contributed by atoms with Crippen molar-refractivity contribution >= 4 is 11.8 Å². The van der Waals surface area contributed by atoms with E-state index in [-0.39, 0.29) is 17.7 Å². The quantitative estimate of drug-likeness (QED) is 0.628. The molecule has 18 heavy (non-hydrogen) atoms. The first kappa shape index (κ1) is 15.0. The molecule has 0 aromatic heterocycles. The fourth-order valence-corrected chi connectivity index (χ4v) is 2.11. The van der Waals surface area contributed by atoms with E-state index in [1.165, 1.54) is 12.1 Å². The zero-order valence-corrected chi connectivity index (χ0v) is 11.4. The summed E-state index contributed by atoms with van der Waals surface area (Å²) in [5.74, 6) is 3.31. The summed E-state index contributed by atoms with van der Waals surface area (Å²) >= 11 is 1.63. The molecule has 0 bridgehead atoms. The van der Waals surface area contributed by atoms with Crippen LogP contribution in [0.15, 0.2) is 12.1 Å². The van der Waals surface area contributed by atoms with Gasteiger partial charge in [0.2, 0.25) is 0 Å². The van der Waals surface area contributed by atoms with Crippen LogP contribution in [0.3, 0.4) is 0 Å². The van der Waals surface area contributed by atoms with Gasteiger partial charge in [-0.3, -0.25) is 0 Å². The van der Waals surface area contributed by atoms with Gasteiger partial charge in [0.05, 0.1) is 5.75 Å². The minimum absolute atomic E-state index is 0.216. The maximum absolute atomic E-state index is 13.7. The van der Waals surface area contributed by atoms with Gasteiger partial charge in [0.15, 0.2) is 0 Å². The Morgan fingerprint density at radius 1 is 1.39 bits per heavy atom. The summed E-state index contributed by atoms with van der Waals surface area (Å²) in [7, 11) is 0. The Balaban J connectivity index is 2.54. The number of rotatable bonds is 6. The Morgan fingerprint density at radius 3 is 2.78 bits per heavy atom.